The van der Waals surface area contributed by atoms with Crippen LogP contribution in [-0.2, 0) is 4.79 Å². The van der Waals surface area contributed by atoms with Gasteiger partial charge in [-0.05, 0) is 37.0 Å². The van der Waals surface area contributed by atoms with E-state index < -0.39 is 0 Å². The molecule has 1 saturated heterocycles. The molecule has 3 rings (SSSR count). The van der Waals surface area contributed by atoms with Crippen molar-refractivity contribution in [1.29, 1.82) is 0 Å². The Bertz CT molecular complexity index is 688. The maximum atomic E-state index is 12.4. The summed E-state index contributed by atoms with van der Waals surface area (Å²) in [5.41, 5.74) is 0.955. The molecule has 1 aliphatic rings. The molecule has 1 amide bonds. The quantitative estimate of drug-likeness (QED) is 0.786. The van der Waals surface area contributed by atoms with E-state index in [0.29, 0.717) is 16.7 Å². The molecular weight excluding hydrogens is 330 g/mol. The summed E-state index contributed by atoms with van der Waals surface area (Å²) >= 11 is 7.53. The lowest BCUT2D eigenvalue weighted by atomic mass is 10.0. The van der Waals surface area contributed by atoms with Crippen LogP contribution in [0.4, 0.5) is 0 Å². The van der Waals surface area contributed by atoms with Crippen LogP contribution in [0.3, 0.4) is 0 Å². The van der Waals surface area contributed by atoms with Crippen molar-refractivity contribution in [2.45, 2.75) is 24.9 Å². The standard InChI is InChI=1S/C17H20ClN3OS/c1-13-4-3-8-20(11-13)16(22)12-23-17-19-7-9-21(17)15-6-2-5-14(18)10-15/h2,5-7,9-10,13H,3-4,8,11-12H2,1H3. The Labute approximate surface area is 145 Å². The van der Waals surface area contributed by atoms with E-state index in [2.05, 4.69) is 11.9 Å². The second-order valence-electron chi connectivity index (χ2n) is 5.94. The van der Waals surface area contributed by atoms with Crippen LogP contribution in [0.1, 0.15) is 19.8 Å². The number of benzene rings is 1. The van der Waals surface area contributed by atoms with E-state index in [1.165, 1.54) is 18.2 Å². The van der Waals surface area contributed by atoms with Gasteiger partial charge in [0, 0.05) is 36.2 Å². The fourth-order valence-electron chi connectivity index (χ4n) is 2.85. The summed E-state index contributed by atoms with van der Waals surface area (Å²) in [6.45, 7) is 3.97. The predicted molar refractivity (Wildman–Crippen MR) is 94.3 cm³/mol. The number of likely N-dealkylation sites (tertiary alicyclic amines) is 1. The zero-order chi connectivity index (χ0) is 16.2. The fraction of sp³-hybridized carbons (Fsp3) is 0.412. The van der Waals surface area contributed by atoms with Crippen LogP contribution in [0.2, 0.25) is 5.02 Å². The molecule has 0 saturated carbocycles. The molecule has 6 heteroatoms. The maximum Gasteiger partial charge on any atom is 0.233 e. The van der Waals surface area contributed by atoms with E-state index >= 15 is 0 Å². The molecule has 1 aromatic carbocycles. The smallest absolute Gasteiger partial charge is 0.233 e. The minimum atomic E-state index is 0.196. The largest absolute Gasteiger partial charge is 0.342 e. The topological polar surface area (TPSA) is 38.1 Å². The van der Waals surface area contributed by atoms with Crippen molar-refractivity contribution in [3.05, 3.63) is 41.7 Å². The van der Waals surface area contributed by atoms with Crippen LogP contribution in [0.15, 0.2) is 41.8 Å². The Morgan fingerprint density at radius 3 is 3.13 bits per heavy atom. The number of hydrogen-bond acceptors (Lipinski definition) is 3. The Morgan fingerprint density at radius 1 is 1.48 bits per heavy atom. The van der Waals surface area contributed by atoms with Gasteiger partial charge in [0.1, 0.15) is 0 Å². The van der Waals surface area contributed by atoms with E-state index in [9.17, 15) is 4.79 Å². The first-order chi connectivity index (χ1) is 11.1. The number of nitrogens with zero attached hydrogens (tertiary/aromatic N) is 3. The molecule has 122 valence electrons. The lowest BCUT2D eigenvalue weighted by Gasteiger charge is -2.30. The number of amides is 1. The van der Waals surface area contributed by atoms with Crippen molar-refractivity contribution in [3.8, 4) is 5.69 Å². The average molecular weight is 350 g/mol. The van der Waals surface area contributed by atoms with Gasteiger partial charge >= 0.3 is 0 Å². The number of aromatic nitrogens is 2. The van der Waals surface area contributed by atoms with Gasteiger partial charge in [-0.15, -0.1) is 0 Å². The molecule has 0 spiro atoms. The molecule has 0 bridgehead atoms. The summed E-state index contributed by atoms with van der Waals surface area (Å²) in [7, 11) is 0. The van der Waals surface area contributed by atoms with Crippen molar-refractivity contribution in [3.63, 3.8) is 0 Å². The van der Waals surface area contributed by atoms with Gasteiger partial charge in [0.15, 0.2) is 5.16 Å². The van der Waals surface area contributed by atoms with E-state index in [4.69, 9.17) is 11.6 Å². The number of piperidine rings is 1. The van der Waals surface area contributed by atoms with Gasteiger partial charge in [-0.2, -0.15) is 0 Å². The van der Waals surface area contributed by atoms with E-state index in [-0.39, 0.29) is 5.91 Å². The monoisotopic (exact) mass is 349 g/mol. The molecule has 1 aromatic heterocycles. The van der Waals surface area contributed by atoms with E-state index in [1.807, 2.05) is 39.9 Å². The Hall–Kier alpha value is -1.46. The highest BCUT2D eigenvalue weighted by Gasteiger charge is 2.21. The second-order valence-corrected chi connectivity index (χ2v) is 7.31. The maximum absolute atomic E-state index is 12.4. The summed E-state index contributed by atoms with van der Waals surface area (Å²) in [6.07, 6.45) is 5.96. The molecule has 4 nitrogen and oxygen atoms in total. The number of thioether (sulfide) groups is 1. The average Bonchev–Trinajstić information content (AvgIpc) is 3.01. The van der Waals surface area contributed by atoms with Gasteiger partial charge in [-0.1, -0.05) is 36.4 Å². The molecule has 2 aromatic rings. The lowest BCUT2D eigenvalue weighted by Crippen LogP contribution is -2.40. The second kappa shape index (κ2) is 7.41. The van der Waals surface area contributed by atoms with Crippen molar-refractivity contribution in [1.82, 2.24) is 14.5 Å². The number of rotatable bonds is 4. The molecule has 0 radical (unpaired) electrons. The summed E-state index contributed by atoms with van der Waals surface area (Å²) in [5, 5.41) is 1.50. The van der Waals surface area contributed by atoms with Crippen molar-refractivity contribution in [2.24, 2.45) is 5.92 Å². The highest BCUT2D eigenvalue weighted by molar-refractivity contribution is 7.99. The molecule has 1 aliphatic heterocycles. The van der Waals surface area contributed by atoms with Crippen molar-refractivity contribution >= 4 is 29.3 Å². The van der Waals surface area contributed by atoms with Crippen LogP contribution >= 0.6 is 23.4 Å². The Morgan fingerprint density at radius 2 is 2.35 bits per heavy atom. The van der Waals surface area contributed by atoms with E-state index in [1.54, 1.807) is 6.20 Å². The first kappa shape index (κ1) is 16.4. The minimum Gasteiger partial charge on any atom is -0.342 e. The third-order valence-corrected chi connectivity index (χ3v) is 5.21. The lowest BCUT2D eigenvalue weighted by molar-refractivity contribution is -0.130. The molecule has 0 aliphatic carbocycles. The number of halogens is 1. The normalized spacial score (nSPS) is 18.2. The summed E-state index contributed by atoms with van der Waals surface area (Å²) in [6, 6.07) is 7.62. The fourth-order valence-corrected chi connectivity index (χ4v) is 3.91. The zero-order valence-corrected chi connectivity index (χ0v) is 14.7. The molecule has 2 heterocycles. The number of imidazole rings is 1. The number of carbonyl (C=O) groups excluding carboxylic acids is 1. The van der Waals surface area contributed by atoms with E-state index in [0.717, 1.165) is 30.4 Å². The van der Waals surface area contributed by atoms with Gasteiger partial charge in [-0.25, -0.2) is 4.98 Å². The van der Waals surface area contributed by atoms with Gasteiger partial charge in [0.25, 0.3) is 0 Å². The summed E-state index contributed by atoms with van der Waals surface area (Å²) in [5.74, 6) is 1.22. The van der Waals surface area contributed by atoms with Crippen molar-refractivity contribution < 1.29 is 4.79 Å². The summed E-state index contributed by atoms with van der Waals surface area (Å²) in [4.78, 5) is 18.7. The summed E-state index contributed by atoms with van der Waals surface area (Å²) < 4.78 is 1.96. The molecule has 1 atom stereocenters. The van der Waals surface area contributed by atoms with Crippen LogP contribution in [0.25, 0.3) is 5.69 Å². The highest BCUT2D eigenvalue weighted by atomic mass is 35.5. The molecular formula is C17H20ClN3OS. The van der Waals surface area contributed by atoms with Gasteiger partial charge in [-0.3, -0.25) is 9.36 Å². The highest BCUT2D eigenvalue weighted by Crippen LogP contribution is 2.23. The third kappa shape index (κ3) is 4.09. The van der Waals surface area contributed by atoms with Crippen LogP contribution in [0.5, 0.6) is 0 Å². The Kier molecular flexibility index (Phi) is 5.28. The predicted octanol–water partition coefficient (Wildman–Crippen LogP) is 3.88. The third-order valence-electron chi connectivity index (χ3n) is 4.03. The Balaban J connectivity index is 1.65. The van der Waals surface area contributed by atoms with Gasteiger partial charge in [0.2, 0.25) is 5.91 Å². The SMILES string of the molecule is CC1CCCN(C(=O)CSc2nccn2-c2cccc(Cl)c2)C1. The van der Waals surface area contributed by atoms with Crippen molar-refractivity contribution in [2.75, 3.05) is 18.8 Å². The first-order valence-corrected chi connectivity index (χ1v) is 9.19. The first-order valence-electron chi connectivity index (χ1n) is 7.83. The molecule has 23 heavy (non-hydrogen) atoms. The zero-order valence-electron chi connectivity index (χ0n) is 13.1. The minimum absolute atomic E-state index is 0.196. The van der Waals surface area contributed by atoms with Gasteiger partial charge in [0.05, 0.1) is 5.75 Å². The molecule has 1 fully saturated rings. The van der Waals surface area contributed by atoms with Crippen LogP contribution in [0, 0.1) is 5.92 Å². The van der Waals surface area contributed by atoms with Crippen LogP contribution in [-0.4, -0.2) is 39.2 Å². The van der Waals surface area contributed by atoms with Crippen LogP contribution < -0.4 is 0 Å². The molecule has 1 unspecified atom stereocenters. The van der Waals surface area contributed by atoms with Gasteiger partial charge < -0.3 is 4.90 Å². The number of carbonyl (C=O) groups is 1. The number of hydrogen-bond donors (Lipinski definition) is 0. The molecule has 0 N–H and O–H groups in total.